The smallest absolute Gasteiger partial charge is 0.264 e. The van der Waals surface area contributed by atoms with Crippen LogP contribution < -0.4 is 4.90 Å². The van der Waals surface area contributed by atoms with Gasteiger partial charge in [-0.15, -0.1) is 0 Å². The molecule has 9 heteroatoms. The third-order valence-corrected chi connectivity index (χ3v) is 7.05. The first-order chi connectivity index (χ1) is 17.5. The van der Waals surface area contributed by atoms with Gasteiger partial charge in [0, 0.05) is 26.2 Å². The number of rotatable bonds is 7. The van der Waals surface area contributed by atoms with Crippen LogP contribution in [0.5, 0.6) is 0 Å². The lowest BCUT2D eigenvalue weighted by atomic mass is 9.94. The van der Waals surface area contributed by atoms with Crippen molar-refractivity contribution in [3.05, 3.63) is 76.6 Å². The molecule has 186 valence electrons. The minimum absolute atomic E-state index is 0.00712. The number of aryl methyl sites for hydroxylation is 1. The Morgan fingerprint density at radius 1 is 1.08 bits per heavy atom. The number of anilines is 1. The highest BCUT2D eigenvalue weighted by Gasteiger charge is 2.40. The van der Waals surface area contributed by atoms with Gasteiger partial charge in [0.2, 0.25) is 5.91 Å². The Labute approximate surface area is 209 Å². The van der Waals surface area contributed by atoms with Gasteiger partial charge in [0.25, 0.3) is 11.8 Å². The van der Waals surface area contributed by atoms with Crippen LogP contribution in [0.1, 0.15) is 57.4 Å². The zero-order valence-electron chi connectivity index (χ0n) is 20.5. The second-order valence-electron chi connectivity index (χ2n) is 9.32. The summed E-state index contributed by atoms with van der Waals surface area (Å²) in [7, 11) is 0. The first kappa shape index (κ1) is 23.7. The summed E-state index contributed by atoms with van der Waals surface area (Å²) in [6, 6.07) is 15.3. The second-order valence-corrected chi connectivity index (χ2v) is 9.32. The molecular formula is C27H29N5O4. The first-order valence-corrected chi connectivity index (χ1v) is 12.3. The molecule has 5 rings (SSSR count). The fourth-order valence-corrected chi connectivity index (χ4v) is 5.07. The highest BCUT2D eigenvalue weighted by atomic mass is 16.6. The Hall–Kier alpha value is -4.01. The number of imide groups is 1. The largest absolute Gasteiger partial charge is 0.370 e. The number of aromatic nitrogens is 2. The van der Waals surface area contributed by atoms with Crippen molar-refractivity contribution in [2.24, 2.45) is 5.92 Å². The maximum Gasteiger partial charge on any atom is 0.264 e. The number of hydrogen-bond donors (Lipinski definition) is 0. The topological polar surface area (TPSA) is 99.9 Å². The van der Waals surface area contributed by atoms with Crippen LogP contribution >= 0.6 is 0 Å². The van der Waals surface area contributed by atoms with Gasteiger partial charge in [-0.1, -0.05) is 46.7 Å². The molecule has 0 radical (unpaired) electrons. The number of benzene rings is 2. The average Bonchev–Trinajstić information content (AvgIpc) is 3.43. The van der Waals surface area contributed by atoms with E-state index in [0.717, 1.165) is 24.9 Å². The van der Waals surface area contributed by atoms with E-state index in [1.54, 1.807) is 19.1 Å². The molecule has 3 heterocycles. The number of hydrogen-bond acceptors (Lipinski definition) is 7. The third kappa shape index (κ3) is 4.36. The van der Waals surface area contributed by atoms with E-state index < -0.39 is 0 Å². The van der Waals surface area contributed by atoms with Crippen molar-refractivity contribution in [1.29, 1.82) is 0 Å². The Morgan fingerprint density at radius 3 is 2.61 bits per heavy atom. The number of piperidine rings is 1. The molecule has 1 atom stereocenters. The highest BCUT2D eigenvalue weighted by Crippen LogP contribution is 2.35. The molecule has 0 N–H and O–H groups in total. The predicted molar refractivity (Wildman–Crippen MR) is 132 cm³/mol. The van der Waals surface area contributed by atoms with E-state index in [2.05, 4.69) is 15.2 Å². The Morgan fingerprint density at radius 2 is 1.89 bits per heavy atom. The maximum absolute atomic E-state index is 13.5. The zero-order valence-corrected chi connectivity index (χ0v) is 20.5. The van der Waals surface area contributed by atoms with E-state index in [1.165, 1.54) is 4.90 Å². The van der Waals surface area contributed by atoms with Gasteiger partial charge in [-0.3, -0.25) is 19.3 Å². The van der Waals surface area contributed by atoms with E-state index in [4.69, 9.17) is 4.63 Å². The second kappa shape index (κ2) is 9.93. The van der Waals surface area contributed by atoms with Gasteiger partial charge in [0.15, 0.2) is 0 Å². The number of nitrogens with zero attached hydrogens (tertiary/aromatic N) is 5. The molecule has 36 heavy (non-hydrogen) atoms. The van der Waals surface area contributed by atoms with Crippen LogP contribution in [0.3, 0.4) is 0 Å². The number of carbonyl (C=O) groups excluding carboxylic acids is 3. The molecule has 3 aromatic rings. The van der Waals surface area contributed by atoms with E-state index >= 15 is 0 Å². The Balaban J connectivity index is 1.35. The lowest BCUT2D eigenvalue weighted by Crippen LogP contribution is -2.45. The molecule has 0 spiro atoms. The lowest BCUT2D eigenvalue weighted by Gasteiger charge is -2.36. The number of amides is 3. The fourth-order valence-electron chi connectivity index (χ4n) is 5.07. The molecule has 2 aliphatic rings. The summed E-state index contributed by atoms with van der Waals surface area (Å²) in [5.74, 6) is -0.772. The van der Waals surface area contributed by atoms with Crippen molar-refractivity contribution in [1.82, 2.24) is 20.1 Å². The Bertz CT molecular complexity index is 1290. The zero-order chi connectivity index (χ0) is 25.2. The SMILES string of the molecule is CCN(Cc1ccccc1)C(=O)[C@@H]1CCCN(c2cccc3c2C(=O)N(Cc2nonc2C)C3=O)C1. The minimum atomic E-state index is -0.360. The fraction of sp³-hybridized carbons (Fsp3) is 0.370. The highest BCUT2D eigenvalue weighted by molar-refractivity contribution is 6.23. The standard InChI is InChI=1S/C27H29N5O4/c1-3-30(15-19-9-5-4-6-10-19)25(33)20-11-8-14-31(16-20)23-13-7-12-21-24(23)27(35)32(26(21)34)17-22-18(2)28-36-29-22/h4-7,9-10,12-13,20H,3,8,11,14-17H2,1-2H3/t20-/m1/s1. The van der Waals surface area contributed by atoms with Gasteiger partial charge >= 0.3 is 0 Å². The maximum atomic E-state index is 13.5. The molecule has 2 aromatic carbocycles. The van der Waals surface area contributed by atoms with Gasteiger partial charge in [-0.2, -0.15) is 0 Å². The van der Waals surface area contributed by atoms with E-state index in [-0.39, 0.29) is 30.2 Å². The minimum Gasteiger partial charge on any atom is -0.370 e. The predicted octanol–water partition coefficient (Wildman–Crippen LogP) is 3.44. The first-order valence-electron chi connectivity index (χ1n) is 12.3. The summed E-state index contributed by atoms with van der Waals surface area (Å²) in [4.78, 5) is 45.1. The van der Waals surface area contributed by atoms with Gasteiger partial charge < -0.3 is 9.80 Å². The quantitative estimate of drug-likeness (QED) is 0.471. The Kier molecular flexibility index (Phi) is 6.54. The molecule has 0 bridgehead atoms. The van der Waals surface area contributed by atoms with E-state index in [9.17, 15) is 14.4 Å². The van der Waals surface area contributed by atoms with Crippen LogP contribution in [0.25, 0.3) is 0 Å². The van der Waals surface area contributed by atoms with Gasteiger partial charge in [-0.05, 0) is 44.4 Å². The van der Waals surface area contributed by atoms with Crippen molar-refractivity contribution in [3.63, 3.8) is 0 Å². The molecule has 9 nitrogen and oxygen atoms in total. The van der Waals surface area contributed by atoms with Crippen LogP contribution in [0.2, 0.25) is 0 Å². The summed E-state index contributed by atoms with van der Waals surface area (Å²) < 4.78 is 4.73. The molecule has 3 amide bonds. The molecule has 1 fully saturated rings. The normalized spacial score (nSPS) is 17.4. The summed E-state index contributed by atoms with van der Waals surface area (Å²) in [5, 5.41) is 7.56. The van der Waals surface area contributed by atoms with Crippen molar-refractivity contribution in [2.75, 3.05) is 24.5 Å². The monoisotopic (exact) mass is 487 g/mol. The van der Waals surface area contributed by atoms with Crippen molar-refractivity contribution >= 4 is 23.4 Å². The summed E-state index contributed by atoms with van der Waals surface area (Å²) in [6.07, 6.45) is 1.63. The van der Waals surface area contributed by atoms with Gasteiger partial charge in [-0.25, -0.2) is 4.63 Å². The van der Waals surface area contributed by atoms with Crippen LogP contribution in [0.15, 0.2) is 53.2 Å². The molecular weight excluding hydrogens is 458 g/mol. The van der Waals surface area contributed by atoms with Crippen molar-refractivity contribution in [3.8, 4) is 0 Å². The van der Waals surface area contributed by atoms with E-state index in [1.807, 2.05) is 48.2 Å². The van der Waals surface area contributed by atoms with Crippen molar-refractivity contribution < 1.29 is 19.0 Å². The summed E-state index contributed by atoms with van der Waals surface area (Å²) >= 11 is 0. The summed E-state index contributed by atoms with van der Waals surface area (Å²) in [5.41, 5.74) is 3.56. The number of fused-ring (bicyclic) bond motifs is 1. The third-order valence-electron chi connectivity index (χ3n) is 7.05. The van der Waals surface area contributed by atoms with Crippen LogP contribution in [0.4, 0.5) is 5.69 Å². The van der Waals surface area contributed by atoms with Crippen molar-refractivity contribution in [2.45, 2.75) is 39.8 Å². The molecule has 0 aliphatic carbocycles. The average molecular weight is 488 g/mol. The van der Waals surface area contributed by atoms with Gasteiger partial charge in [0.1, 0.15) is 11.4 Å². The molecule has 2 aliphatic heterocycles. The van der Waals surface area contributed by atoms with E-state index in [0.29, 0.717) is 47.8 Å². The lowest BCUT2D eigenvalue weighted by molar-refractivity contribution is -0.136. The van der Waals surface area contributed by atoms with Gasteiger partial charge in [0.05, 0.1) is 29.3 Å². The molecule has 1 aromatic heterocycles. The molecule has 0 saturated carbocycles. The molecule has 1 saturated heterocycles. The van der Waals surface area contributed by atoms with Crippen LogP contribution in [-0.2, 0) is 17.9 Å². The van der Waals surface area contributed by atoms with Crippen LogP contribution in [0, 0.1) is 12.8 Å². The van der Waals surface area contributed by atoms with Crippen LogP contribution in [-0.4, -0.2) is 57.5 Å². The number of carbonyl (C=O) groups is 3. The molecule has 0 unspecified atom stereocenters. The summed E-state index contributed by atoms with van der Waals surface area (Å²) in [6.45, 7) is 6.16.